The predicted molar refractivity (Wildman–Crippen MR) is 116 cm³/mol. The smallest absolute Gasteiger partial charge is 0.336 e. The summed E-state index contributed by atoms with van der Waals surface area (Å²) in [5, 5.41) is 9.79. The van der Waals surface area contributed by atoms with Gasteiger partial charge in [-0.25, -0.2) is 4.79 Å². The van der Waals surface area contributed by atoms with E-state index in [1.807, 2.05) is 0 Å². The van der Waals surface area contributed by atoms with Gasteiger partial charge in [-0.1, -0.05) is 103 Å². The van der Waals surface area contributed by atoms with E-state index in [1.54, 1.807) is 6.08 Å². The molecule has 4 heteroatoms. The summed E-state index contributed by atoms with van der Waals surface area (Å²) in [6.45, 7) is 3.54. The van der Waals surface area contributed by atoms with Crippen LogP contribution in [0.3, 0.4) is 0 Å². The summed E-state index contributed by atoms with van der Waals surface area (Å²) in [5.41, 5.74) is 0.0698. The molecule has 28 heavy (non-hydrogen) atoms. The van der Waals surface area contributed by atoms with Gasteiger partial charge in [-0.15, -0.1) is 0 Å². The van der Waals surface area contributed by atoms with Gasteiger partial charge >= 0.3 is 5.97 Å². The van der Waals surface area contributed by atoms with Gasteiger partial charge < -0.3 is 9.84 Å². The summed E-state index contributed by atoms with van der Waals surface area (Å²) in [6.07, 6.45) is 20.7. The van der Waals surface area contributed by atoms with Crippen molar-refractivity contribution in [3.63, 3.8) is 0 Å². The van der Waals surface area contributed by atoms with Crippen LogP contribution in [-0.4, -0.2) is 30.1 Å². The summed E-state index contributed by atoms with van der Waals surface area (Å²) in [7, 11) is 1.26. The van der Waals surface area contributed by atoms with Crippen molar-refractivity contribution >= 4 is 11.8 Å². The first-order valence-electron chi connectivity index (χ1n) is 11.5. The van der Waals surface area contributed by atoms with Crippen LogP contribution in [0, 0.1) is 0 Å². The average molecular weight is 397 g/mol. The molecule has 0 spiro atoms. The normalized spacial score (nSPS) is 12.8. The van der Waals surface area contributed by atoms with E-state index in [0.29, 0.717) is 6.42 Å². The van der Waals surface area contributed by atoms with Gasteiger partial charge in [-0.2, -0.15) is 0 Å². The Balaban J connectivity index is 3.58. The molecule has 0 amide bonds. The van der Waals surface area contributed by atoms with E-state index in [0.717, 1.165) is 12.8 Å². The summed E-state index contributed by atoms with van der Waals surface area (Å²) in [4.78, 5) is 22.9. The molecule has 0 aromatic heterocycles. The summed E-state index contributed by atoms with van der Waals surface area (Å²) >= 11 is 0. The first-order valence-corrected chi connectivity index (χ1v) is 11.5. The highest BCUT2D eigenvalue weighted by molar-refractivity contribution is 5.98. The van der Waals surface area contributed by atoms with Crippen molar-refractivity contribution < 1.29 is 19.4 Å². The molecule has 0 aromatic rings. The zero-order chi connectivity index (χ0) is 21.0. The van der Waals surface area contributed by atoms with Crippen LogP contribution in [0.2, 0.25) is 0 Å². The fourth-order valence-corrected chi connectivity index (χ4v) is 3.42. The third-order valence-corrected chi connectivity index (χ3v) is 5.27. The van der Waals surface area contributed by atoms with Crippen molar-refractivity contribution in [1.82, 2.24) is 0 Å². The predicted octanol–water partition coefficient (Wildman–Crippen LogP) is 6.30. The number of unbranched alkanes of at least 4 members (excludes halogenated alkanes) is 15. The Kier molecular flexibility index (Phi) is 18.4. The van der Waals surface area contributed by atoms with Gasteiger partial charge in [0.05, 0.1) is 12.7 Å². The van der Waals surface area contributed by atoms with Crippen LogP contribution < -0.4 is 0 Å². The van der Waals surface area contributed by atoms with E-state index in [1.165, 1.54) is 97.5 Å². The van der Waals surface area contributed by atoms with Crippen molar-refractivity contribution in [3.8, 4) is 0 Å². The van der Waals surface area contributed by atoms with Gasteiger partial charge in [0, 0.05) is 0 Å². The number of hydrogen-bond acceptors (Lipinski definition) is 4. The molecule has 0 fully saturated rings. The lowest BCUT2D eigenvalue weighted by Crippen LogP contribution is -2.25. The van der Waals surface area contributed by atoms with Gasteiger partial charge in [0.15, 0.2) is 5.78 Å². The first-order chi connectivity index (χ1) is 13.5. The van der Waals surface area contributed by atoms with Gasteiger partial charge in [-0.05, 0) is 19.8 Å². The number of methoxy groups -OCH3 is 1. The van der Waals surface area contributed by atoms with E-state index >= 15 is 0 Å². The summed E-state index contributed by atoms with van der Waals surface area (Å²) in [6, 6.07) is 0. The topological polar surface area (TPSA) is 63.6 Å². The maximum absolute atomic E-state index is 11.6. The molecule has 0 aliphatic heterocycles. The lowest BCUT2D eigenvalue weighted by molar-refractivity contribution is -0.139. The van der Waals surface area contributed by atoms with Crippen molar-refractivity contribution in [2.24, 2.45) is 0 Å². The number of ketones is 1. The van der Waals surface area contributed by atoms with Crippen LogP contribution in [0.15, 0.2) is 11.6 Å². The Labute approximate surface area is 173 Å². The Bertz CT molecular complexity index is 428. The Hall–Kier alpha value is -1.16. The van der Waals surface area contributed by atoms with Crippen LogP contribution >= 0.6 is 0 Å². The molecule has 0 rings (SSSR count). The summed E-state index contributed by atoms with van der Waals surface area (Å²) < 4.78 is 4.64. The monoisotopic (exact) mass is 396 g/mol. The van der Waals surface area contributed by atoms with Crippen molar-refractivity contribution in [2.75, 3.05) is 7.11 Å². The molecule has 0 aliphatic carbocycles. The van der Waals surface area contributed by atoms with Gasteiger partial charge in [0.1, 0.15) is 6.10 Å². The molecule has 0 saturated heterocycles. The Morgan fingerprint density at radius 2 is 1.18 bits per heavy atom. The minimum atomic E-state index is -1.37. The second-order valence-corrected chi connectivity index (χ2v) is 7.90. The molecular weight excluding hydrogens is 352 g/mol. The van der Waals surface area contributed by atoms with E-state index in [9.17, 15) is 14.7 Å². The van der Waals surface area contributed by atoms with E-state index in [4.69, 9.17) is 0 Å². The maximum atomic E-state index is 11.6. The minimum Gasteiger partial charge on any atom is -0.466 e. The van der Waals surface area contributed by atoms with Gasteiger partial charge in [-0.3, -0.25) is 4.79 Å². The van der Waals surface area contributed by atoms with E-state index in [2.05, 4.69) is 11.7 Å². The molecule has 0 aliphatic rings. The van der Waals surface area contributed by atoms with Crippen LogP contribution in [0.4, 0.5) is 0 Å². The second-order valence-electron chi connectivity index (χ2n) is 7.90. The van der Waals surface area contributed by atoms with Crippen LogP contribution in [0.25, 0.3) is 0 Å². The van der Waals surface area contributed by atoms with Crippen LogP contribution in [-0.2, 0) is 14.3 Å². The Morgan fingerprint density at radius 1 is 0.786 bits per heavy atom. The van der Waals surface area contributed by atoms with Crippen LogP contribution in [0.5, 0.6) is 0 Å². The number of rotatable bonds is 19. The fraction of sp³-hybridized carbons (Fsp3) is 0.833. The van der Waals surface area contributed by atoms with E-state index in [-0.39, 0.29) is 5.57 Å². The third kappa shape index (κ3) is 14.8. The average Bonchev–Trinajstić information content (AvgIpc) is 2.69. The van der Waals surface area contributed by atoms with Crippen LogP contribution in [0.1, 0.15) is 117 Å². The number of carbonyl (C=O) groups excluding carboxylic acids is 2. The lowest BCUT2D eigenvalue weighted by Gasteiger charge is -2.10. The number of aliphatic hydroxyl groups excluding tert-OH is 1. The SMILES string of the molecule is CCCCCCCCCCCCCCCCC/C=C(/C(=O)OC)[C@@H](O)C(C)=O. The molecule has 0 bridgehead atoms. The molecule has 0 radical (unpaired) electrons. The molecular formula is C24H44O4. The number of esters is 1. The molecule has 0 unspecified atom stereocenters. The number of carbonyl (C=O) groups is 2. The Morgan fingerprint density at radius 3 is 1.54 bits per heavy atom. The van der Waals surface area contributed by atoms with Crippen molar-refractivity contribution in [1.29, 1.82) is 0 Å². The highest BCUT2D eigenvalue weighted by atomic mass is 16.5. The molecule has 0 heterocycles. The highest BCUT2D eigenvalue weighted by Crippen LogP contribution is 2.15. The number of ether oxygens (including phenoxy) is 1. The quantitative estimate of drug-likeness (QED) is 0.158. The summed E-state index contributed by atoms with van der Waals surface area (Å²) in [5.74, 6) is -1.06. The minimum absolute atomic E-state index is 0.0698. The van der Waals surface area contributed by atoms with Gasteiger partial charge in [0.25, 0.3) is 0 Å². The van der Waals surface area contributed by atoms with Crippen molar-refractivity contribution in [2.45, 2.75) is 123 Å². The molecule has 0 saturated carbocycles. The number of Topliss-reactive ketones (excluding diaryl/α,β-unsaturated/α-hetero) is 1. The molecule has 0 aromatic carbocycles. The number of allylic oxidation sites excluding steroid dienone is 1. The molecule has 1 N–H and O–H groups in total. The number of hydrogen-bond donors (Lipinski definition) is 1. The lowest BCUT2D eigenvalue weighted by atomic mass is 10.0. The molecule has 1 atom stereocenters. The first kappa shape index (κ1) is 26.8. The maximum Gasteiger partial charge on any atom is 0.336 e. The zero-order valence-electron chi connectivity index (χ0n) is 18.6. The molecule has 4 nitrogen and oxygen atoms in total. The fourth-order valence-electron chi connectivity index (χ4n) is 3.42. The number of aliphatic hydroxyl groups is 1. The second kappa shape index (κ2) is 19.2. The highest BCUT2D eigenvalue weighted by Gasteiger charge is 2.22. The molecule has 164 valence electrons. The largest absolute Gasteiger partial charge is 0.466 e. The standard InChI is InChI=1S/C24H44O4/c1-4-5-6-7-8-9-10-11-12-13-14-15-16-17-18-19-20-22(24(27)28-3)23(26)21(2)25/h20,23,26H,4-19H2,1-3H3/b22-20+/t23-/m0/s1. The zero-order valence-corrected chi connectivity index (χ0v) is 18.6. The van der Waals surface area contributed by atoms with Gasteiger partial charge in [0.2, 0.25) is 0 Å². The van der Waals surface area contributed by atoms with E-state index < -0.39 is 17.9 Å². The van der Waals surface area contributed by atoms with Crippen molar-refractivity contribution in [3.05, 3.63) is 11.6 Å². The third-order valence-electron chi connectivity index (χ3n) is 5.27.